The Balaban J connectivity index is 2.76. The molecule has 102 valence electrons. The highest BCUT2D eigenvalue weighted by Gasteiger charge is 2.30. The van der Waals surface area contributed by atoms with Gasteiger partial charge in [0.25, 0.3) is 0 Å². The second kappa shape index (κ2) is 6.55. The molecule has 0 atom stereocenters. The number of methoxy groups -OCH3 is 1. The summed E-state index contributed by atoms with van der Waals surface area (Å²) in [4.78, 5) is 5.17. The number of halogens is 3. The van der Waals surface area contributed by atoms with Crippen LogP contribution in [0.25, 0.3) is 0 Å². The van der Waals surface area contributed by atoms with Gasteiger partial charge in [0.2, 0.25) is 5.88 Å². The lowest BCUT2D eigenvalue weighted by Crippen LogP contribution is -2.37. The predicted molar refractivity (Wildman–Crippen MR) is 61.2 cm³/mol. The number of nitrogens with zero attached hydrogens (tertiary/aromatic N) is 2. The van der Waals surface area contributed by atoms with Crippen LogP contribution in [0.2, 0.25) is 0 Å². The van der Waals surface area contributed by atoms with Crippen molar-refractivity contribution in [3.05, 3.63) is 23.9 Å². The van der Waals surface area contributed by atoms with Gasteiger partial charge in [-0.1, -0.05) is 6.07 Å². The van der Waals surface area contributed by atoms with E-state index in [2.05, 4.69) is 4.98 Å². The van der Waals surface area contributed by atoms with Crippen LogP contribution in [0.1, 0.15) is 5.56 Å². The van der Waals surface area contributed by atoms with Crippen LogP contribution < -0.4 is 10.5 Å². The molecule has 18 heavy (non-hydrogen) atoms. The molecule has 0 fully saturated rings. The van der Waals surface area contributed by atoms with E-state index < -0.39 is 12.7 Å². The van der Waals surface area contributed by atoms with Crippen molar-refractivity contribution in [2.75, 3.05) is 26.7 Å². The number of rotatable bonds is 6. The molecule has 0 amide bonds. The molecule has 1 rings (SSSR count). The molecule has 1 aromatic heterocycles. The summed E-state index contributed by atoms with van der Waals surface area (Å²) in [6.07, 6.45) is -2.72. The fourth-order valence-electron chi connectivity index (χ4n) is 1.62. The summed E-state index contributed by atoms with van der Waals surface area (Å²) in [5.41, 5.74) is 5.93. The van der Waals surface area contributed by atoms with Crippen molar-refractivity contribution in [1.82, 2.24) is 9.88 Å². The Morgan fingerprint density at radius 3 is 2.72 bits per heavy atom. The van der Waals surface area contributed by atoms with Gasteiger partial charge in [0, 0.05) is 31.4 Å². The second-order valence-electron chi connectivity index (χ2n) is 3.79. The molecule has 0 spiro atoms. The minimum Gasteiger partial charge on any atom is -0.481 e. The lowest BCUT2D eigenvalue weighted by atomic mass is 10.2. The fraction of sp³-hybridized carbons (Fsp3) is 0.545. The number of pyridine rings is 1. The first-order valence-electron chi connectivity index (χ1n) is 5.43. The normalized spacial score (nSPS) is 11.9. The second-order valence-corrected chi connectivity index (χ2v) is 3.79. The zero-order valence-electron chi connectivity index (χ0n) is 10.1. The van der Waals surface area contributed by atoms with Crippen molar-refractivity contribution >= 4 is 0 Å². The van der Waals surface area contributed by atoms with Crippen molar-refractivity contribution in [2.45, 2.75) is 12.7 Å². The molecule has 0 aliphatic rings. The summed E-state index contributed by atoms with van der Waals surface area (Å²) in [5.74, 6) is 0.335. The van der Waals surface area contributed by atoms with E-state index in [1.165, 1.54) is 18.2 Å². The van der Waals surface area contributed by atoms with Gasteiger partial charge >= 0.3 is 6.18 Å². The summed E-state index contributed by atoms with van der Waals surface area (Å²) < 4.78 is 42.2. The van der Waals surface area contributed by atoms with Crippen molar-refractivity contribution in [2.24, 2.45) is 5.73 Å². The van der Waals surface area contributed by atoms with Crippen LogP contribution in [0.3, 0.4) is 0 Å². The van der Waals surface area contributed by atoms with Gasteiger partial charge in [-0.05, 0) is 6.07 Å². The Kier molecular flexibility index (Phi) is 5.36. The molecule has 0 aliphatic heterocycles. The summed E-state index contributed by atoms with van der Waals surface area (Å²) >= 11 is 0. The van der Waals surface area contributed by atoms with E-state index in [1.54, 1.807) is 12.1 Å². The molecule has 0 radical (unpaired) electrons. The molecule has 0 saturated carbocycles. The Labute approximate surface area is 104 Å². The molecule has 0 bridgehead atoms. The molecule has 1 heterocycles. The van der Waals surface area contributed by atoms with Crippen LogP contribution in [-0.4, -0.2) is 42.8 Å². The quantitative estimate of drug-likeness (QED) is 0.843. The molecule has 0 unspecified atom stereocenters. The zero-order chi connectivity index (χ0) is 13.6. The minimum atomic E-state index is -4.25. The van der Waals surface area contributed by atoms with Crippen molar-refractivity contribution < 1.29 is 17.9 Å². The Morgan fingerprint density at radius 1 is 1.44 bits per heavy atom. The number of aromatic nitrogens is 1. The van der Waals surface area contributed by atoms with Gasteiger partial charge in [-0.15, -0.1) is 0 Å². The molecule has 4 nitrogen and oxygen atoms in total. The highest BCUT2D eigenvalue weighted by molar-refractivity contribution is 5.25. The first-order chi connectivity index (χ1) is 8.46. The Bertz CT molecular complexity index is 371. The van der Waals surface area contributed by atoms with E-state index in [-0.39, 0.29) is 19.6 Å². The van der Waals surface area contributed by atoms with Crippen molar-refractivity contribution in [3.63, 3.8) is 0 Å². The van der Waals surface area contributed by atoms with Gasteiger partial charge in [-0.2, -0.15) is 13.2 Å². The smallest absolute Gasteiger partial charge is 0.401 e. The molecule has 0 aliphatic carbocycles. The van der Waals surface area contributed by atoms with Gasteiger partial charge in [0.15, 0.2) is 0 Å². The number of hydrogen-bond donors (Lipinski definition) is 1. The third-order valence-electron chi connectivity index (χ3n) is 2.29. The summed E-state index contributed by atoms with van der Waals surface area (Å²) in [7, 11) is 1.43. The van der Waals surface area contributed by atoms with Crippen LogP contribution in [0.5, 0.6) is 5.88 Å². The van der Waals surface area contributed by atoms with Crippen LogP contribution >= 0.6 is 0 Å². The van der Waals surface area contributed by atoms with Crippen LogP contribution in [0.15, 0.2) is 18.3 Å². The lowest BCUT2D eigenvalue weighted by Gasteiger charge is -2.23. The average Bonchev–Trinajstić information content (AvgIpc) is 2.28. The van der Waals surface area contributed by atoms with Crippen LogP contribution in [0.4, 0.5) is 13.2 Å². The van der Waals surface area contributed by atoms with Gasteiger partial charge in [0.05, 0.1) is 13.7 Å². The standard InChI is InChI=1S/C11H16F3N3O/c1-18-10-9(3-2-5-16-10)7-17(6-4-15)8-11(12,13)14/h2-3,5H,4,6-8,15H2,1H3. The first kappa shape index (κ1) is 14.7. The molecule has 7 heteroatoms. The maximum atomic E-state index is 12.4. The average molecular weight is 263 g/mol. The van der Waals surface area contributed by atoms with E-state index in [0.717, 1.165) is 0 Å². The zero-order valence-corrected chi connectivity index (χ0v) is 10.1. The molecule has 1 aromatic rings. The highest BCUT2D eigenvalue weighted by atomic mass is 19.4. The summed E-state index contributed by atoms with van der Waals surface area (Å²) in [6.45, 7) is -0.563. The van der Waals surface area contributed by atoms with E-state index in [1.807, 2.05) is 0 Å². The first-order valence-corrected chi connectivity index (χ1v) is 5.43. The SMILES string of the molecule is COc1ncccc1CN(CCN)CC(F)(F)F. The van der Waals surface area contributed by atoms with E-state index >= 15 is 0 Å². The minimum absolute atomic E-state index is 0.105. The van der Waals surface area contributed by atoms with E-state index in [0.29, 0.717) is 11.4 Å². The maximum absolute atomic E-state index is 12.4. The van der Waals surface area contributed by atoms with Gasteiger partial charge in [-0.3, -0.25) is 4.90 Å². The van der Waals surface area contributed by atoms with E-state index in [9.17, 15) is 13.2 Å². The largest absolute Gasteiger partial charge is 0.481 e. The van der Waals surface area contributed by atoms with Crippen LogP contribution in [-0.2, 0) is 6.54 Å². The Hall–Kier alpha value is -1.34. The van der Waals surface area contributed by atoms with Gasteiger partial charge < -0.3 is 10.5 Å². The predicted octanol–water partition coefficient (Wildman–Crippen LogP) is 1.41. The fourth-order valence-corrected chi connectivity index (χ4v) is 1.62. The number of ether oxygens (including phenoxy) is 1. The third kappa shape index (κ3) is 4.89. The van der Waals surface area contributed by atoms with E-state index in [4.69, 9.17) is 10.5 Å². The number of alkyl halides is 3. The number of nitrogens with two attached hydrogens (primary N) is 1. The van der Waals surface area contributed by atoms with Crippen molar-refractivity contribution in [1.29, 1.82) is 0 Å². The molecule has 0 aromatic carbocycles. The van der Waals surface area contributed by atoms with Gasteiger partial charge in [0.1, 0.15) is 0 Å². The Morgan fingerprint density at radius 2 is 2.17 bits per heavy atom. The number of hydrogen-bond acceptors (Lipinski definition) is 4. The summed E-state index contributed by atoms with van der Waals surface area (Å²) in [6, 6.07) is 3.35. The molecule has 0 saturated heterocycles. The maximum Gasteiger partial charge on any atom is 0.401 e. The monoisotopic (exact) mass is 263 g/mol. The third-order valence-corrected chi connectivity index (χ3v) is 2.29. The van der Waals surface area contributed by atoms with Crippen molar-refractivity contribution in [3.8, 4) is 5.88 Å². The molecule has 2 N–H and O–H groups in total. The lowest BCUT2D eigenvalue weighted by molar-refractivity contribution is -0.146. The molecular weight excluding hydrogens is 247 g/mol. The highest BCUT2D eigenvalue weighted by Crippen LogP contribution is 2.20. The molecular formula is C11H16F3N3O. The van der Waals surface area contributed by atoms with Crippen LogP contribution in [0, 0.1) is 0 Å². The summed E-state index contributed by atoms with van der Waals surface area (Å²) in [5, 5.41) is 0. The van der Waals surface area contributed by atoms with Gasteiger partial charge in [-0.25, -0.2) is 4.98 Å². The topological polar surface area (TPSA) is 51.4 Å².